The number of fused-ring (bicyclic) bond motifs is 1. The summed E-state index contributed by atoms with van der Waals surface area (Å²) in [5, 5.41) is 12.8. The minimum Gasteiger partial charge on any atom is -0.381 e. The van der Waals surface area contributed by atoms with E-state index in [1.165, 1.54) is 21.4 Å². The largest absolute Gasteiger partial charge is 0.416 e. The highest BCUT2D eigenvalue weighted by atomic mass is 32.1. The van der Waals surface area contributed by atoms with E-state index >= 15 is 0 Å². The Morgan fingerprint density at radius 2 is 2.08 bits per heavy atom. The molecule has 1 saturated heterocycles. The van der Waals surface area contributed by atoms with Crippen molar-refractivity contribution in [3.05, 3.63) is 84.7 Å². The first kappa shape index (κ1) is 27.2. The summed E-state index contributed by atoms with van der Waals surface area (Å²) in [6, 6.07) is 6.35. The van der Waals surface area contributed by atoms with Crippen LogP contribution in [-0.4, -0.2) is 45.6 Å². The van der Waals surface area contributed by atoms with Crippen LogP contribution in [0.25, 0.3) is 0 Å². The second-order valence-electron chi connectivity index (χ2n) is 11.1. The molecule has 0 unspecified atom stereocenters. The Morgan fingerprint density at radius 1 is 1.27 bits per heavy atom. The van der Waals surface area contributed by atoms with Crippen molar-refractivity contribution >= 4 is 17.2 Å². The summed E-state index contributed by atoms with van der Waals surface area (Å²) in [5.41, 5.74) is 0.597. The number of aromatic nitrogens is 2. The second kappa shape index (κ2) is 10.4. The number of amides is 1. The zero-order valence-electron chi connectivity index (χ0n) is 21.8. The maximum atomic E-state index is 13.3. The van der Waals surface area contributed by atoms with Crippen LogP contribution < -0.4 is 5.56 Å². The number of nitrogens with zero attached hydrogens (tertiary/aromatic N) is 2. The van der Waals surface area contributed by atoms with Crippen molar-refractivity contribution in [1.29, 1.82) is 0 Å². The molecule has 1 amide bonds. The van der Waals surface area contributed by atoms with Gasteiger partial charge in [0.15, 0.2) is 6.10 Å². The van der Waals surface area contributed by atoms with Gasteiger partial charge in [-0.1, -0.05) is 12.1 Å². The predicted molar refractivity (Wildman–Crippen MR) is 142 cm³/mol. The van der Waals surface area contributed by atoms with E-state index in [1.54, 1.807) is 11.3 Å². The molecule has 1 atom stereocenters. The lowest BCUT2D eigenvalue weighted by Gasteiger charge is -2.25. The van der Waals surface area contributed by atoms with Crippen LogP contribution in [0.15, 0.2) is 40.5 Å². The van der Waals surface area contributed by atoms with E-state index < -0.39 is 23.8 Å². The third-order valence-corrected chi connectivity index (χ3v) is 9.43. The van der Waals surface area contributed by atoms with Gasteiger partial charge in [0, 0.05) is 17.3 Å². The molecule has 1 saturated carbocycles. The highest BCUT2D eigenvalue weighted by Gasteiger charge is 2.50. The number of thiophene rings is 1. The van der Waals surface area contributed by atoms with Crippen molar-refractivity contribution < 1.29 is 27.8 Å². The Hall–Kier alpha value is -3.02. The summed E-state index contributed by atoms with van der Waals surface area (Å²) in [7, 11) is 0. The lowest BCUT2D eigenvalue weighted by Crippen LogP contribution is -2.36. The number of carbonyl (C=O) groups is 1. The minimum absolute atomic E-state index is 0.0617. The SMILES string of the molecule is O=C([C@H](O)c1cccc(C(F)(F)F)c1)N1CCCc2nc(C3(c4cc(CCC5COC5)cs4)CC3)[nH]c(=O)c2C1. The summed E-state index contributed by atoms with van der Waals surface area (Å²) >= 11 is 1.70. The minimum atomic E-state index is -4.59. The van der Waals surface area contributed by atoms with Gasteiger partial charge in [-0.25, -0.2) is 4.98 Å². The molecule has 11 heteroatoms. The Labute approximate surface area is 233 Å². The number of carbonyl (C=O) groups excluding carboxylic acids is 1. The number of aryl methyl sites for hydroxylation is 2. The topological polar surface area (TPSA) is 95.5 Å². The Balaban J connectivity index is 1.20. The van der Waals surface area contributed by atoms with Crippen molar-refractivity contribution in [3.8, 4) is 0 Å². The molecule has 1 aliphatic carbocycles. The molecule has 2 fully saturated rings. The third kappa shape index (κ3) is 5.22. The molecular formula is C29H30F3N3O4S. The van der Waals surface area contributed by atoms with Crippen molar-refractivity contribution in [3.63, 3.8) is 0 Å². The molecule has 7 nitrogen and oxygen atoms in total. The molecule has 2 aliphatic heterocycles. The van der Waals surface area contributed by atoms with Crippen LogP contribution in [0.4, 0.5) is 13.2 Å². The molecule has 1 aromatic carbocycles. The van der Waals surface area contributed by atoms with E-state index in [2.05, 4.69) is 16.4 Å². The van der Waals surface area contributed by atoms with Crippen LogP contribution in [0, 0.1) is 5.92 Å². The molecule has 40 heavy (non-hydrogen) atoms. The fraction of sp³-hybridized carbons (Fsp3) is 0.483. The van der Waals surface area contributed by atoms with E-state index in [1.807, 2.05) is 0 Å². The maximum Gasteiger partial charge on any atom is 0.416 e. The standard InChI is InChI=1S/C29H30F3N3O4S/c30-29(31,32)20-4-1-3-19(12-20)24(36)26(38)35-10-2-5-22-21(13-35)25(37)34-27(33-22)28(8-9-28)23-11-17(16-40-23)6-7-18-14-39-15-18/h1,3-4,11-12,16,18,24,36H,2,5-10,13-15H2,(H,33,34,37)/t24-/m1/s1. The molecule has 3 aromatic rings. The fourth-order valence-corrected chi connectivity index (χ4v) is 6.75. The first-order chi connectivity index (χ1) is 19.1. The number of H-pyrrole nitrogens is 1. The summed E-state index contributed by atoms with van der Waals surface area (Å²) in [4.78, 5) is 36.8. The first-order valence-electron chi connectivity index (χ1n) is 13.6. The van der Waals surface area contributed by atoms with Crippen LogP contribution in [-0.2, 0) is 40.5 Å². The predicted octanol–water partition coefficient (Wildman–Crippen LogP) is 4.52. The van der Waals surface area contributed by atoms with E-state index in [0.29, 0.717) is 35.8 Å². The second-order valence-corrected chi connectivity index (χ2v) is 12.0. The zero-order valence-corrected chi connectivity index (χ0v) is 22.6. The number of rotatable bonds is 7. The number of hydrogen-bond acceptors (Lipinski definition) is 6. The number of benzene rings is 1. The average Bonchev–Trinajstić information content (AvgIpc) is 3.63. The molecule has 212 valence electrons. The number of hydrogen-bond donors (Lipinski definition) is 2. The van der Waals surface area contributed by atoms with Crippen molar-refractivity contribution in [2.45, 2.75) is 62.8 Å². The van der Waals surface area contributed by atoms with Crippen LogP contribution in [0.2, 0.25) is 0 Å². The van der Waals surface area contributed by atoms with E-state index in [0.717, 1.165) is 57.1 Å². The monoisotopic (exact) mass is 573 g/mol. The van der Waals surface area contributed by atoms with E-state index in [4.69, 9.17) is 9.72 Å². The number of aromatic amines is 1. The first-order valence-corrected chi connectivity index (χ1v) is 14.4. The Morgan fingerprint density at radius 3 is 2.77 bits per heavy atom. The third-order valence-electron chi connectivity index (χ3n) is 8.24. The molecule has 0 spiro atoms. The average molecular weight is 574 g/mol. The number of ether oxygens (including phenoxy) is 1. The number of aliphatic hydroxyl groups excluding tert-OH is 1. The summed E-state index contributed by atoms with van der Waals surface area (Å²) < 4.78 is 44.7. The quantitative estimate of drug-likeness (QED) is 0.434. The normalized spacial score (nSPS) is 19.4. The number of aliphatic hydroxyl groups is 1. The Kier molecular flexibility index (Phi) is 7.08. The van der Waals surface area contributed by atoms with Crippen LogP contribution in [0.1, 0.15) is 70.4 Å². The van der Waals surface area contributed by atoms with E-state index in [-0.39, 0.29) is 29.6 Å². The highest BCUT2D eigenvalue weighted by Crippen LogP contribution is 2.54. The van der Waals surface area contributed by atoms with Gasteiger partial charge in [0.25, 0.3) is 11.5 Å². The van der Waals surface area contributed by atoms with Gasteiger partial charge in [-0.3, -0.25) is 9.59 Å². The molecule has 2 N–H and O–H groups in total. The molecule has 2 aromatic heterocycles. The molecular weight excluding hydrogens is 543 g/mol. The van der Waals surface area contributed by atoms with E-state index in [9.17, 15) is 27.9 Å². The maximum absolute atomic E-state index is 13.3. The molecule has 6 rings (SSSR count). The Bertz CT molecular complexity index is 1480. The fourth-order valence-electron chi connectivity index (χ4n) is 5.54. The molecule has 0 bridgehead atoms. The van der Waals surface area contributed by atoms with Crippen LogP contribution in [0.5, 0.6) is 0 Å². The zero-order chi connectivity index (χ0) is 28.1. The molecule has 4 heterocycles. The summed E-state index contributed by atoms with van der Waals surface area (Å²) in [6.07, 6.45) is -1.44. The lowest BCUT2D eigenvalue weighted by molar-refractivity contribution is -0.142. The molecule has 0 radical (unpaired) electrons. The smallest absolute Gasteiger partial charge is 0.381 e. The van der Waals surface area contributed by atoms with Gasteiger partial charge in [-0.2, -0.15) is 13.2 Å². The van der Waals surface area contributed by atoms with Gasteiger partial charge in [0.2, 0.25) is 0 Å². The van der Waals surface area contributed by atoms with Crippen LogP contribution in [0.3, 0.4) is 0 Å². The molecule has 3 aliphatic rings. The van der Waals surface area contributed by atoms with Gasteiger partial charge in [-0.05, 0) is 73.2 Å². The van der Waals surface area contributed by atoms with Gasteiger partial charge in [0.05, 0.1) is 42.0 Å². The van der Waals surface area contributed by atoms with Gasteiger partial charge in [-0.15, -0.1) is 11.3 Å². The number of alkyl halides is 3. The summed E-state index contributed by atoms with van der Waals surface area (Å²) in [6.45, 7) is 1.88. The van der Waals surface area contributed by atoms with Gasteiger partial charge in [0.1, 0.15) is 5.82 Å². The van der Waals surface area contributed by atoms with Gasteiger partial charge < -0.3 is 19.7 Å². The van der Waals surface area contributed by atoms with Gasteiger partial charge >= 0.3 is 6.18 Å². The lowest BCUT2D eigenvalue weighted by atomic mass is 9.97. The number of nitrogens with one attached hydrogen (secondary N) is 1. The highest BCUT2D eigenvalue weighted by molar-refractivity contribution is 7.10. The summed E-state index contributed by atoms with van der Waals surface area (Å²) in [5.74, 6) is 0.549. The van der Waals surface area contributed by atoms with Crippen molar-refractivity contribution in [2.24, 2.45) is 5.92 Å². The van der Waals surface area contributed by atoms with Crippen molar-refractivity contribution in [1.82, 2.24) is 14.9 Å². The van der Waals surface area contributed by atoms with Crippen molar-refractivity contribution in [2.75, 3.05) is 19.8 Å². The number of halogens is 3. The van der Waals surface area contributed by atoms with Crippen LogP contribution >= 0.6 is 11.3 Å².